The molecule has 2 saturated carbocycles. The molecule has 3 nitrogen and oxygen atoms in total. The van der Waals surface area contributed by atoms with Gasteiger partial charge in [-0.1, -0.05) is 51.9 Å². The summed E-state index contributed by atoms with van der Waals surface area (Å²) in [4.78, 5) is 12.2. The van der Waals surface area contributed by atoms with E-state index in [-0.39, 0.29) is 11.9 Å². The van der Waals surface area contributed by atoms with Crippen LogP contribution in [0.25, 0.3) is 0 Å². The summed E-state index contributed by atoms with van der Waals surface area (Å²) in [5.41, 5.74) is 0. The number of carbonyl (C=O) groups is 1. The lowest BCUT2D eigenvalue weighted by Gasteiger charge is -2.27. The number of nitrogens with one attached hydrogen (secondary N) is 2. The van der Waals surface area contributed by atoms with Crippen LogP contribution in [0.15, 0.2) is 0 Å². The average molecular weight is 294 g/mol. The summed E-state index contributed by atoms with van der Waals surface area (Å²) in [6, 6.07) is 0.379. The lowest BCUT2D eigenvalue weighted by atomic mass is 9.81. The van der Waals surface area contributed by atoms with E-state index in [9.17, 15) is 4.79 Å². The Kier molecular flexibility index (Phi) is 7.01. The van der Waals surface area contributed by atoms with E-state index in [0.717, 1.165) is 18.4 Å². The van der Waals surface area contributed by atoms with E-state index in [4.69, 9.17) is 0 Å². The third-order valence-electron chi connectivity index (χ3n) is 5.48. The molecule has 1 atom stereocenters. The van der Waals surface area contributed by atoms with Gasteiger partial charge in [0.1, 0.15) is 0 Å². The zero-order chi connectivity index (χ0) is 15.1. The molecule has 0 bridgehead atoms. The van der Waals surface area contributed by atoms with Crippen molar-refractivity contribution in [3.05, 3.63) is 0 Å². The fourth-order valence-corrected chi connectivity index (χ4v) is 3.79. The monoisotopic (exact) mass is 294 g/mol. The second-order valence-corrected chi connectivity index (χ2v) is 7.43. The summed E-state index contributed by atoms with van der Waals surface area (Å²) in [6.07, 6.45) is 13.0. The molecular formula is C18H34N2O. The molecule has 2 fully saturated rings. The van der Waals surface area contributed by atoms with Crippen molar-refractivity contribution in [2.24, 2.45) is 11.8 Å². The average Bonchev–Trinajstić information content (AvgIpc) is 2.50. The summed E-state index contributed by atoms with van der Waals surface area (Å²) in [7, 11) is 0. The van der Waals surface area contributed by atoms with Crippen molar-refractivity contribution in [1.82, 2.24) is 10.6 Å². The van der Waals surface area contributed by atoms with Crippen LogP contribution in [0, 0.1) is 11.8 Å². The van der Waals surface area contributed by atoms with Gasteiger partial charge in [-0.05, 0) is 44.6 Å². The van der Waals surface area contributed by atoms with E-state index >= 15 is 0 Å². The molecule has 0 heterocycles. The lowest BCUT2D eigenvalue weighted by Crippen LogP contribution is -2.47. The summed E-state index contributed by atoms with van der Waals surface area (Å²) in [5, 5.41) is 6.63. The Balaban J connectivity index is 1.57. The van der Waals surface area contributed by atoms with E-state index in [1.54, 1.807) is 0 Å². The molecule has 2 rings (SSSR count). The first-order valence-electron chi connectivity index (χ1n) is 9.19. The first kappa shape index (κ1) is 16.8. The molecule has 2 aliphatic rings. The minimum Gasteiger partial charge on any atom is -0.352 e. The molecule has 0 saturated heterocycles. The van der Waals surface area contributed by atoms with Crippen LogP contribution < -0.4 is 10.6 Å². The molecule has 0 aromatic carbocycles. The second kappa shape index (κ2) is 8.77. The minimum atomic E-state index is -0.0468. The van der Waals surface area contributed by atoms with Gasteiger partial charge in [-0.2, -0.15) is 0 Å². The maximum Gasteiger partial charge on any atom is 0.237 e. The van der Waals surface area contributed by atoms with Gasteiger partial charge in [0.15, 0.2) is 0 Å². The molecule has 2 N–H and O–H groups in total. The highest BCUT2D eigenvalue weighted by molar-refractivity contribution is 5.81. The molecule has 1 unspecified atom stereocenters. The topological polar surface area (TPSA) is 41.1 Å². The quantitative estimate of drug-likeness (QED) is 0.785. The van der Waals surface area contributed by atoms with Gasteiger partial charge in [0.25, 0.3) is 0 Å². The largest absolute Gasteiger partial charge is 0.352 e. The number of hydrogen-bond acceptors (Lipinski definition) is 2. The maximum atomic E-state index is 12.2. The molecule has 0 aromatic rings. The number of amides is 1. The Morgan fingerprint density at radius 1 is 1.05 bits per heavy atom. The molecule has 0 aliphatic heterocycles. The third kappa shape index (κ3) is 5.98. The van der Waals surface area contributed by atoms with E-state index in [2.05, 4.69) is 17.6 Å². The van der Waals surface area contributed by atoms with Crippen molar-refractivity contribution in [3.63, 3.8) is 0 Å². The summed E-state index contributed by atoms with van der Waals surface area (Å²) < 4.78 is 0. The summed E-state index contributed by atoms with van der Waals surface area (Å²) in [5.74, 6) is 2.00. The van der Waals surface area contributed by atoms with Crippen LogP contribution in [-0.2, 0) is 4.79 Å². The van der Waals surface area contributed by atoms with E-state index in [1.165, 1.54) is 64.2 Å². The van der Waals surface area contributed by atoms with Crippen LogP contribution in [0.5, 0.6) is 0 Å². The highest BCUT2D eigenvalue weighted by atomic mass is 16.2. The predicted molar refractivity (Wildman–Crippen MR) is 88.2 cm³/mol. The number of rotatable bonds is 6. The van der Waals surface area contributed by atoms with Crippen molar-refractivity contribution in [2.75, 3.05) is 6.54 Å². The van der Waals surface area contributed by atoms with Crippen molar-refractivity contribution in [3.8, 4) is 0 Å². The van der Waals surface area contributed by atoms with Gasteiger partial charge in [-0.15, -0.1) is 0 Å². The fraction of sp³-hybridized carbons (Fsp3) is 0.944. The van der Waals surface area contributed by atoms with Crippen molar-refractivity contribution in [1.29, 1.82) is 0 Å². The van der Waals surface area contributed by atoms with Gasteiger partial charge in [0.2, 0.25) is 5.91 Å². The smallest absolute Gasteiger partial charge is 0.237 e. The standard InChI is InChI=1S/C18H34N2O/c1-14-8-10-16(11-9-14)12-13-19-15(2)18(21)20-17-6-4-3-5-7-17/h14-17,19H,3-13H2,1-2H3,(H,20,21). The van der Waals surface area contributed by atoms with Crippen molar-refractivity contribution < 1.29 is 4.79 Å². The van der Waals surface area contributed by atoms with Crippen molar-refractivity contribution in [2.45, 2.75) is 90.1 Å². The first-order valence-corrected chi connectivity index (χ1v) is 9.19. The van der Waals surface area contributed by atoms with Gasteiger partial charge in [-0.25, -0.2) is 0 Å². The molecule has 0 spiro atoms. The van der Waals surface area contributed by atoms with Crippen LogP contribution in [0.3, 0.4) is 0 Å². The van der Waals surface area contributed by atoms with Crippen LogP contribution >= 0.6 is 0 Å². The van der Waals surface area contributed by atoms with Gasteiger partial charge >= 0.3 is 0 Å². The zero-order valence-electron chi connectivity index (χ0n) is 14.0. The van der Waals surface area contributed by atoms with E-state index < -0.39 is 0 Å². The summed E-state index contributed by atoms with van der Waals surface area (Å²) >= 11 is 0. The highest BCUT2D eigenvalue weighted by Gasteiger charge is 2.21. The van der Waals surface area contributed by atoms with Gasteiger partial charge in [0.05, 0.1) is 6.04 Å². The van der Waals surface area contributed by atoms with E-state index in [0.29, 0.717) is 6.04 Å². The van der Waals surface area contributed by atoms with Crippen LogP contribution in [0.4, 0.5) is 0 Å². The highest BCUT2D eigenvalue weighted by Crippen LogP contribution is 2.29. The van der Waals surface area contributed by atoms with Crippen LogP contribution in [0.2, 0.25) is 0 Å². The first-order chi connectivity index (χ1) is 10.1. The van der Waals surface area contributed by atoms with Crippen LogP contribution in [0.1, 0.15) is 78.1 Å². The maximum absolute atomic E-state index is 12.2. The second-order valence-electron chi connectivity index (χ2n) is 7.43. The Hall–Kier alpha value is -0.570. The number of hydrogen-bond donors (Lipinski definition) is 2. The van der Waals surface area contributed by atoms with Crippen molar-refractivity contribution >= 4 is 5.91 Å². The molecule has 0 radical (unpaired) electrons. The molecule has 1 amide bonds. The molecule has 0 aromatic heterocycles. The summed E-state index contributed by atoms with van der Waals surface area (Å²) in [6.45, 7) is 5.35. The minimum absolute atomic E-state index is 0.0468. The van der Waals surface area contributed by atoms with Gasteiger partial charge < -0.3 is 10.6 Å². The molecule has 122 valence electrons. The third-order valence-corrected chi connectivity index (χ3v) is 5.48. The lowest BCUT2D eigenvalue weighted by molar-refractivity contribution is -0.123. The Morgan fingerprint density at radius 2 is 1.71 bits per heavy atom. The predicted octanol–water partition coefficient (Wildman–Crippen LogP) is 3.63. The van der Waals surface area contributed by atoms with Gasteiger partial charge in [-0.3, -0.25) is 4.79 Å². The SMILES string of the molecule is CC1CCC(CCNC(C)C(=O)NC2CCCCC2)CC1. The Bertz CT molecular complexity index is 304. The van der Waals surface area contributed by atoms with E-state index in [1.807, 2.05) is 6.92 Å². The number of carbonyl (C=O) groups excluding carboxylic acids is 1. The normalized spacial score (nSPS) is 29.0. The molecule has 2 aliphatic carbocycles. The Labute approximate surface area is 130 Å². The molecular weight excluding hydrogens is 260 g/mol. The van der Waals surface area contributed by atoms with Crippen LogP contribution in [-0.4, -0.2) is 24.5 Å². The molecule has 21 heavy (non-hydrogen) atoms. The molecule has 3 heteroatoms. The Morgan fingerprint density at radius 3 is 2.38 bits per heavy atom. The fourth-order valence-electron chi connectivity index (χ4n) is 3.79. The zero-order valence-corrected chi connectivity index (χ0v) is 14.0. The van der Waals surface area contributed by atoms with Gasteiger partial charge in [0, 0.05) is 6.04 Å².